The molecule has 26 heavy (non-hydrogen) atoms. The van der Waals surface area contributed by atoms with Gasteiger partial charge in [0.15, 0.2) is 11.5 Å². The average Bonchev–Trinajstić information content (AvgIpc) is 2.92. The molecular weight excluding hydrogens is 416 g/mol. The molecule has 1 aliphatic rings. The zero-order chi connectivity index (χ0) is 18.5. The molecule has 0 aliphatic carbocycles. The molecule has 0 bridgehead atoms. The van der Waals surface area contributed by atoms with Crippen molar-refractivity contribution in [1.82, 2.24) is 10.2 Å². The van der Waals surface area contributed by atoms with E-state index in [1.54, 1.807) is 32.7 Å². The largest absolute Gasteiger partial charge is 0.493 e. The SMILES string of the molecule is COc1ccc(C(c2ccc(Br)s2)N2CCCNCC2)c(OC)c1OC. The average molecular weight is 441 g/mol. The summed E-state index contributed by atoms with van der Waals surface area (Å²) in [6, 6.07) is 8.46. The third-order valence-corrected chi connectivity index (χ3v) is 6.31. The maximum Gasteiger partial charge on any atom is 0.203 e. The topological polar surface area (TPSA) is 43.0 Å². The van der Waals surface area contributed by atoms with E-state index in [1.807, 2.05) is 6.07 Å². The third kappa shape index (κ3) is 4.01. The standard InChI is InChI=1S/C19H25BrN2O3S/c1-23-14-6-5-13(18(24-2)19(14)25-3)17(15-7-8-16(20)26-15)22-11-4-9-21-10-12-22/h5-8,17,21H,4,9-12H2,1-3H3. The number of methoxy groups -OCH3 is 3. The first-order valence-electron chi connectivity index (χ1n) is 8.68. The van der Waals surface area contributed by atoms with Gasteiger partial charge in [-0.2, -0.15) is 0 Å². The van der Waals surface area contributed by atoms with Gasteiger partial charge in [-0.1, -0.05) is 0 Å². The van der Waals surface area contributed by atoms with Crippen LogP contribution in [0.15, 0.2) is 28.1 Å². The summed E-state index contributed by atoms with van der Waals surface area (Å²) in [7, 11) is 4.98. The summed E-state index contributed by atoms with van der Waals surface area (Å²) in [5, 5.41) is 3.49. The van der Waals surface area contributed by atoms with Gasteiger partial charge in [0.1, 0.15) is 0 Å². The lowest BCUT2D eigenvalue weighted by Gasteiger charge is -2.31. The first kappa shape index (κ1) is 19.5. The van der Waals surface area contributed by atoms with Crippen LogP contribution in [0, 0.1) is 0 Å². The van der Waals surface area contributed by atoms with E-state index in [9.17, 15) is 0 Å². The number of halogens is 1. The lowest BCUT2D eigenvalue weighted by molar-refractivity contribution is 0.236. The molecule has 0 spiro atoms. The Morgan fingerprint density at radius 2 is 1.81 bits per heavy atom. The highest BCUT2D eigenvalue weighted by Gasteiger charge is 2.29. The van der Waals surface area contributed by atoms with Crippen LogP contribution in [0.5, 0.6) is 17.2 Å². The van der Waals surface area contributed by atoms with Gasteiger partial charge in [-0.15, -0.1) is 11.3 Å². The molecule has 1 fully saturated rings. The van der Waals surface area contributed by atoms with E-state index < -0.39 is 0 Å². The van der Waals surface area contributed by atoms with Gasteiger partial charge in [0, 0.05) is 30.1 Å². The minimum absolute atomic E-state index is 0.112. The smallest absolute Gasteiger partial charge is 0.203 e. The molecule has 142 valence electrons. The second kappa shape index (κ2) is 9.08. The van der Waals surface area contributed by atoms with Crippen LogP contribution in [0.4, 0.5) is 0 Å². The van der Waals surface area contributed by atoms with Crippen LogP contribution in [0.2, 0.25) is 0 Å². The van der Waals surface area contributed by atoms with E-state index in [4.69, 9.17) is 14.2 Å². The van der Waals surface area contributed by atoms with Gasteiger partial charge in [-0.3, -0.25) is 4.90 Å². The van der Waals surface area contributed by atoms with Crippen molar-refractivity contribution in [3.05, 3.63) is 38.5 Å². The van der Waals surface area contributed by atoms with E-state index in [-0.39, 0.29) is 6.04 Å². The molecular formula is C19H25BrN2O3S. The molecule has 1 aliphatic heterocycles. The van der Waals surface area contributed by atoms with E-state index in [0.29, 0.717) is 11.5 Å². The summed E-state index contributed by atoms with van der Waals surface area (Å²) >= 11 is 5.37. The second-order valence-corrected chi connectivity index (χ2v) is 8.60. The first-order valence-corrected chi connectivity index (χ1v) is 10.3. The zero-order valence-corrected chi connectivity index (χ0v) is 17.8. The van der Waals surface area contributed by atoms with Crippen LogP contribution >= 0.6 is 27.3 Å². The highest BCUT2D eigenvalue weighted by Crippen LogP contribution is 2.46. The number of hydrogen-bond acceptors (Lipinski definition) is 6. The fourth-order valence-corrected chi connectivity index (χ4v) is 5.05. The molecule has 3 rings (SSSR count). The Morgan fingerprint density at radius 1 is 1.00 bits per heavy atom. The summed E-state index contributed by atoms with van der Waals surface area (Å²) < 4.78 is 18.0. The minimum atomic E-state index is 0.112. The molecule has 5 nitrogen and oxygen atoms in total. The van der Waals surface area contributed by atoms with Gasteiger partial charge >= 0.3 is 0 Å². The van der Waals surface area contributed by atoms with E-state index >= 15 is 0 Å². The Bertz CT molecular complexity index is 730. The molecule has 2 aromatic rings. The highest BCUT2D eigenvalue weighted by molar-refractivity contribution is 9.11. The second-order valence-electron chi connectivity index (χ2n) is 6.11. The number of nitrogens with one attached hydrogen (secondary N) is 1. The van der Waals surface area contributed by atoms with Crippen molar-refractivity contribution in [2.45, 2.75) is 12.5 Å². The highest BCUT2D eigenvalue weighted by atomic mass is 79.9. The number of rotatable bonds is 6. The Kier molecular flexibility index (Phi) is 6.80. The van der Waals surface area contributed by atoms with Gasteiger partial charge in [0.05, 0.1) is 31.2 Å². The van der Waals surface area contributed by atoms with Gasteiger partial charge in [0.25, 0.3) is 0 Å². The van der Waals surface area contributed by atoms with Crippen molar-refractivity contribution < 1.29 is 14.2 Å². The summed E-state index contributed by atoms with van der Waals surface area (Å²) in [4.78, 5) is 3.80. The summed E-state index contributed by atoms with van der Waals surface area (Å²) in [5.41, 5.74) is 1.10. The minimum Gasteiger partial charge on any atom is -0.493 e. The van der Waals surface area contributed by atoms with E-state index in [2.05, 4.69) is 44.3 Å². The molecule has 1 aromatic heterocycles. The first-order chi connectivity index (χ1) is 12.7. The maximum atomic E-state index is 5.79. The molecule has 1 saturated heterocycles. The number of ether oxygens (including phenoxy) is 3. The molecule has 0 saturated carbocycles. The van der Waals surface area contributed by atoms with Crippen molar-refractivity contribution in [3.8, 4) is 17.2 Å². The number of nitrogens with zero attached hydrogens (tertiary/aromatic N) is 1. The molecule has 1 N–H and O–H groups in total. The van der Waals surface area contributed by atoms with Crippen molar-refractivity contribution in [1.29, 1.82) is 0 Å². The molecule has 1 aromatic carbocycles. The predicted octanol–water partition coefficient (Wildman–Crippen LogP) is 3.92. The summed E-state index contributed by atoms with van der Waals surface area (Å²) in [6.45, 7) is 4.06. The summed E-state index contributed by atoms with van der Waals surface area (Å²) in [5.74, 6) is 2.05. The number of hydrogen-bond donors (Lipinski definition) is 1. The fourth-order valence-electron chi connectivity index (χ4n) is 3.47. The number of benzene rings is 1. The normalized spacial score (nSPS) is 16.8. The van der Waals surface area contributed by atoms with Crippen molar-refractivity contribution in [2.24, 2.45) is 0 Å². The van der Waals surface area contributed by atoms with Gasteiger partial charge in [-0.05, 0) is 53.2 Å². The van der Waals surface area contributed by atoms with Crippen LogP contribution in [0.25, 0.3) is 0 Å². The van der Waals surface area contributed by atoms with E-state index in [1.165, 1.54) is 4.88 Å². The summed E-state index contributed by atoms with van der Waals surface area (Å²) in [6.07, 6.45) is 1.12. The van der Waals surface area contributed by atoms with Crippen LogP contribution in [0.1, 0.15) is 22.9 Å². The van der Waals surface area contributed by atoms with Crippen LogP contribution in [-0.2, 0) is 0 Å². The Morgan fingerprint density at radius 3 is 2.46 bits per heavy atom. The van der Waals surface area contributed by atoms with Gasteiger partial charge in [0.2, 0.25) is 5.75 Å². The van der Waals surface area contributed by atoms with E-state index in [0.717, 1.165) is 47.7 Å². The van der Waals surface area contributed by atoms with Gasteiger partial charge < -0.3 is 19.5 Å². The van der Waals surface area contributed by atoms with Crippen molar-refractivity contribution in [2.75, 3.05) is 47.5 Å². The molecule has 7 heteroatoms. The molecule has 0 radical (unpaired) electrons. The van der Waals surface area contributed by atoms with Gasteiger partial charge in [-0.25, -0.2) is 0 Å². The monoisotopic (exact) mass is 440 g/mol. The van der Waals surface area contributed by atoms with Crippen LogP contribution in [-0.4, -0.2) is 52.4 Å². The molecule has 1 unspecified atom stereocenters. The molecule has 0 amide bonds. The number of thiophene rings is 1. The lowest BCUT2D eigenvalue weighted by Crippen LogP contribution is -2.32. The predicted molar refractivity (Wildman–Crippen MR) is 109 cm³/mol. The van der Waals surface area contributed by atoms with Crippen LogP contribution < -0.4 is 19.5 Å². The fraction of sp³-hybridized carbons (Fsp3) is 0.474. The Hall–Kier alpha value is -1.28. The zero-order valence-electron chi connectivity index (χ0n) is 15.4. The molecule has 2 heterocycles. The Labute approximate surface area is 167 Å². The van der Waals surface area contributed by atoms with Crippen molar-refractivity contribution >= 4 is 27.3 Å². The van der Waals surface area contributed by atoms with Crippen LogP contribution in [0.3, 0.4) is 0 Å². The lowest BCUT2D eigenvalue weighted by atomic mass is 10.0. The maximum absolute atomic E-state index is 5.79. The molecule has 1 atom stereocenters. The quantitative estimate of drug-likeness (QED) is 0.736. The van der Waals surface area contributed by atoms with Crippen molar-refractivity contribution in [3.63, 3.8) is 0 Å². The Balaban J connectivity index is 2.12. The third-order valence-electron chi connectivity index (χ3n) is 4.63.